The van der Waals surface area contributed by atoms with Crippen LogP contribution in [0.15, 0.2) is 12.1 Å². The van der Waals surface area contributed by atoms with Gasteiger partial charge < -0.3 is 16.2 Å². The molecule has 0 radical (unpaired) electrons. The van der Waals surface area contributed by atoms with Gasteiger partial charge in [-0.15, -0.1) is 0 Å². The molecule has 0 unspecified atom stereocenters. The van der Waals surface area contributed by atoms with Gasteiger partial charge in [-0.1, -0.05) is 0 Å². The van der Waals surface area contributed by atoms with Crippen molar-refractivity contribution in [1.29, 1.82) is 0 Å². The van der Waals surface area contributed by atoms with E-state index in [0.717, 1.165) is 37.1 Å². The highest BCUT2D eigenvalue weighted by Gasteiger charge is 2.18. The van der Waals surface area contributed by atoms with Crippen LogP contribution in [0.3, 0.4) is 0 Å². The Kier molecular flexibility index (Phi) is 3.97. The minimum absolute atomic E-state index is 0.274. The second-order valence-corrected chi connectivity index (χ2v) is 4.91. The maximum atomic E-state index is 9.68. The first kappa shape index (κ1) is 12.3. The third kappa shape index (κ3) is 3.41. The molecule has 0 amide bonds. The standard InChI is InChI=1S/C13H21N3O/c1-9-2-7-13(17)12(16-9)8-15-11-5-3-10(14)4-6-11/h2,7,10-11,15,17H,3-6,8,14H2,1H3. The highest BCUT2D eigenvalue weighted by molar-refractivity contribution is 5.27. The first-order valence-corrected chi connectivity index (χ1v) is 6.29. The Bertz CT molecular complexity index is 373. The number of aryl methyl sites for hydroxylation is 1. The van der Waals surface area contributed by atoms with Gasteiger partial charge in [0.1, 0.15) is 5.75 Å². The minimum Gasteiger partial charge on any atom is -0.506 e. The van der Waals surface area contributed by atoms with Gasteiger partial charge in [-0.2, -0.15) is 0 Å². The Morgan fingerprint density at radius 2 is 2.06 bits per heavy atom. The lowest BCUT2D eigenvalue weighted by Gasteiger charge is -2.26. The molecule has 1 saturated carbocycles. The SMILES string of the molecule is Cc1ccc(O)c(CNC2CCC(N)CC2)n1. The molecule has 4 heteroatoms. The van der Waals surface area contributed by atoms with Gasteiger partial charge in [0.2, 0.25) is 0 Å². The summed E-state index contributed by atoms with van der Waals surface area (Å²) >= 11 is 0. The Labute approximate surface area is 102 Å². The summed E-state index contributed by atoms with van der Waals surface area (Å²) in [6, 6.07) is 4.41. The number of hydrogen-bond donors (Lipinski definition) is 3. The van der Waals surface area contributed by atoms with Gasteiger partial charge in [0.05, 0.1) is 5.69 Å². The Balaban J connectivity index is 1.87. The van der Waals surface area contributed by atoms with Crippen LogP contribution in [-0.4, -0.2) is 22.2 Å². The van der Waals surface area contributed by atoms with E-state index in [4.69, 9.17) is 5.73 Å². The molecule has 0 spiro atoms. The van der Waals surface area contributed by atoms with Crippen LogP contribution in [0.1, 0.15) is 37.1 Å². The molecule has 4 nitrogen and oxygen atoms in total. The Morgan fingerprint density at radius 3 is 2.76 bits per heavy atom. The van der Waals surface area contributed by atoms with Crippen molar-refractivity contribution in [1.82, 2.24) is 10.3 Å². The third-order valence-electron chi connectivity index (χ3n) is 3.42. The average Bonchev–Trinajstić information content (AvgIpc) is 2.32. The second-order valence-electron chi connectivity index (χ2n) is 4.91. The number of pyridine rings is 1. The number of aromatic hydroxyl groups is 1. The lowest BCUT2D eigenvalue weighted by Crippen LogP contribution is -2.37. The summed E-state index contributed by atoms with van der Waals surface area (Å²) in [6.07, 6.45) is 4.41. The van der Waals surface area contributed by atoms with E-state index < -0.39 is 0 Å². The topological polar surface area (TPSA) is 71.2 Å². The van der Waals surface area contributed by atoms with Gasteiger partial charge in [0, 0.05) is 24.3 Å². The highest BCUT2D eigenvalue weighted by atomic mass is 16.3. The smallest absolute Gasteiger partial charge is 0.138 e. The van der Waals surface area contributed by atoms with Crippen LogP contribution in [-0.2, 0) is 6.54 Å². The van der Waals surface area contributed by atoms with Crippen LogP contribution in [0.25, 0.3) is 0 Å². The summed E-state index contributed by atoms with van der Waals surface area (Å²) in [7, 11) is 0. The maximum Gasteiger partial charge on any atom is 0.138 e. The molecule has 1 heterocycles. The highest BCUT2D eigenvalue weighted by Crippen LogP contribution is 2.19. The van der Waals surface area contributed by atoms with Crippen molar-refractivity contribution < 1.29 is 5.11 Å². The monoisotopic (exact) mass is 235 g/mol. The van der Waals surface area contributed by atoms with Crippen LogP contribution in [0.2, 0.25) is 0 Å². The van der Waals surface area contributed by atoms with Crippen LogP contribution in [0.4, 0.5) is 0 Å². The van der Waals surface area contributed by atoms with E-state index in [9.17, 15) is 5.11 Å². The lowest BCUT2D eigenvalue weighted by atomic mass is 9.92. The van der Waals surface area contributed by atoms with Crippen LogP contribution in [0, 0.1) is 6.92 Å². The molecule has 4 N–H and O–H groups in total. The summed E-state index contributed by atoms with van der Waals surface area (Å²) in [5, 5.41) is 13.1. The predicted octanol–water partition coefficient (Wildman–Crippen LogP) is 1.46. The molecule has 2 rings (SSSR count). The molecule has 0 bridgehead atoms. The van der Waals surface area contributed by atoms with Crippen molar-refractivity contribution in [3.05, 3.63) is 23.5 Å². The molecule has 94 valence electrons. The van der Waals surface area contributed by atoms with E-state index in [-0.39, 0.29) is 5.75 Å². The number of rotatable bonds is 3. The van der Waals surface area contributed by atoms with E-state index in [0.29, 0.717) is 18.6 Å². The summed E-state index contributed by atoms with van der Waals surface area (Å²) in [5.41, 5.74) is 7.54. The Hall–Kier alpha value is -1.13. The molecule has 0 aliphatic heterocycles. The van der Waals surface area contributed by atoms with Crippen molar-refractivity contribution in [2.75, 3.05) is 0 Å². The summed E-state index contributed by atoms with van der Waals surface area (Å²) in [4.78, 5) is 4.33. The molecule has 1 aromatic heterocycles. The third-order valence-corrected chi connectivity index (χ3v) is 3.42. The fourth-order valence-corrected chi connectivity index (χ4v) is 2.30. The van der Waals surface area contributed by atoms with E-state index in [1.54, 1.807) is 6.07 Å². The van der Waals surface area contributed by atoms with Gasteiger partial charge in [0.25, 0.3) is 0 Å². The molecule has 0 saturated heterocycles. The number of nitrogens with two attached hydrogens (primary N) is 1. The van der Waals surface area contributed by atoms with Gasteiger partial charge in [-0.3, -0.25) is 4.98 Å². The molecule has 0 aromatic carbocycles. The van der Waals surface area contributed by atoms with Crippen molar-refractivity contribution in [2.24, 2.45) is 5.73 Å². The normalized spacial score (nSPS) is 24.8. The molecular weight excluding hydrogens is 214 g/mol. The lowest BCUT2D eigenvalue weighted by molar-refractivity contribution is 0.338. The number of hydrogen-bond acceptors (Lipinski definition) is 4. The first-order valence-electron chi connectivity index (χ1n) is 6.29. The van der Waals surface area contributed by atoms with Crippen molar-refractivity contribution >= 4 is 0 Å². The maximum absolute atomic E-state index is 9.68. The van der Waals surface area contributed by atoms with Crippen LogP contribution < -0.4 is 11.1 Å². The van der Waals surface area contributed by atoms with Crippen molar-refractivity contribution in [2.45, 2.75) is 51.2 Å². The average molecular weight is 235 g/mol. The van der Waals surface area contributed by atoms with Crippen LogP contribution in [0.5, 0.6) is 5.75 Å². The summed E-state index contributed by atoms with van der Waals surface area (Å²) in [5.74, 6) is 0.274. The first-order chi connectivity index (χ1) is 8.15. The van der Waals surface area contributed by atoms with E-state index in [1.165, 1.54) is 0 Å². The van der Waals surface area contributed by atoms with Gasteiger partial charge >= 0.3 is 0 Å². The molecule has 1 aliphatic rings. The minimum atomic E-state index is 0.274. The number of nitrogens with one attached hydrogen (secondary N) is 1. The second kappa shape index (κ2) is 5.47. The zero-order valence-electron chi connectivity index (χ0n) is 10.3. The quantitative estimate of drug-likeness (QED) is 0.741. The summed E-state index contributed by atoms with van der Waals surface area (Å²) in [6.45, 7) is 2.57. The molecular formula is C13H21N3O. The molecule has 0 atom stereocenters. The fraction of sp³-hybridized carbons (Fsp3) is 0.615. The molecule has 1 aliphatic carbocycles. The molecule has 1 fully saturated rings. The molecule has 17 heavy (non-hydrogen) atoms. The van der Waals surface area contributed by atoms with E-state index in [1.807, 2.05) is 13.0 Å². The number of aromatic nitrogens is 1. The van der Waals surface area contributed by atoms with Crippen molar-refractivity contribution in [3.63, 3.8) is 0 Å². The zero-order valence-corrected chi connectivity index (χ0v) is 10.3. The van der Waals surface area contributed by atoms with E-state index in [2.05, 4.69) is 10.3 Å². The summed E-state index contributed by atoms with van der Waals surface area (Å²) < 4.78 is 0. The zero-order chi connectivity index (χ0) is 12.3. The fourth-order valence-electron chi connectivity index (χ4n) is 2.30. The van der Waals surface area contributed by atoms with Gasteiger partial charge in [0.15, 0.2) is 0 Å². The largest absolute Gasteiger partial charge is 0.506 e. The Morgan fingerprint density at radius 1 is 1.35 bits per heavy atom. The number of nitrogens with zero attached hydrogens (tertiary/aromatic N) is 1. The van der Waals surface area contributed by atoms with Crippen molar-refractivity contribution in [3.8, 4) is 5.75 Å². The molecule has 1 aromatic rings. The van der Waals surface area contributed by atoms with E-state index >= 15 is 0 Å². The van der Waals surface area contributed by atoms with Gasteiger partial charge in [-0.05, 0) is 44.7 Å². The van der Waals surface area contributed by atoms with Gasteiger partial charge in [-0.25, -0.2) is 0 Å². The predicted molar refractivity (Wildman–Crippen MR) is 67.7 cm³/mol. The van der Waals surface area contributed by atoms with Crippen LogP contribution >= 0.6 is 0 Å².